The SMILES string of the molecule is O=C(NC1CCN(Cc2ccc(C#CCO)cc2)CC1O)c1cnccn1. The first kappa shape index (κ1) is 19.0. The van der Waals surface area contributed by atoms with Crippen LogP contribution >= 0.6 is 0 Å². The molecule has 1 aromatic carbocycles. The van der Waals surface area contributed by atoms with Crippen LogP contribution in [0.5, 0.6) is 0 Å². The smallest absolute Gasteiger partial charge is 0.271 e. The van der Waals surface area contributed by atoms with Gasteiger partial charge < -0.3 is 15.5 Å². The molecule has 0 spiro atoms. The number of β-amino-alcohol motifs (C(OH)–C–C–N with tert-alkyl or cyclic N) is 1. The van der Waals surface area contributed by atoms with E-state index in [0.717, 1.165) is 24.2 Å². The molecule has 2 heterocycles. The molecule has 0 bridgehead atoms. The minimum atomic E-state index is -0.644. The van der Waals surface area contributed by atoms with Crippen LogP contribution in [0, 0.1) is 11.8 Å². The van der Waals surface area contributed by atoms with Crippen LogP contribution < -0.4 is 5.32 Å². The third-order valence-electron chi connectivity index (χ3n) is 4.45. The van der Waals surface area contributed by atoms with Gasteiger partial charge in [0.25, 0.3) is 5.91 Å². The maximum atomic E-state index is 12.2. The Hall–Kier alpha value is -2.79. The monoisotopic (exact) mass is 366 g/mol. The Morgan fingerprint density at radius 3 is 2.78 bits per heavy atom. The molecule has 0 radical (unpaired) electrons. The van der Waals surface area contributed by atoms with E-state index in [4.69, 9.17) is 5.11 Å². The third-order valence-corrected chi connectivity index (χ3v) is 4.45. The first-order valence-electron chi connectivity index (χ1n) is 8.81. The van der Waals surface area contributed by atoms with Crippen molar-refractivity contribution in [2.24, 2.45) is 0 Å². The molecule has 7 heteroatoms. The highest BCUT2D eigenvalue weighted by atomic mass is 16.3. The Morgan fingerprint density at radius 1 is 1.30 bits per heavy atom. The second-order valence-corrected chi connectivity index (χ2v) is 6.42. The van der Waals surface area contributed by atoms with Crippen molar-refractivity contribution in [1.82, 2.24) is 20.2 Å². The molecular formula is C20H22N4O3. The molecule has 3 N–H and O–H groups in total. The molecule has 1 saturated heterocycles. The second-order valence-electron chi connectivity index (χ2n) is 6.42. The van der Waals surface area contributed by atoms with Crippen LogP contribution in [0.4, 0.5) is 0 Å². The van der Waals surface area contributed by atoms with Crippen LogP contribution in [-0.2, 0) is 6.54 Å². The van der Waals surface area contributed by atoms with Gasteiger partial charge in [-0.25, -0.2) is 4.98 Å². The van der Waals surface area contributed by atoms with Crippen molar-refractivity contribution in [2.75, 3.05) is 19.7 Å². The van der Waals surface area contributed by atoms with E-state index in [1.807, 2.05) is 24.3 Å². The van der Waals surface area contributed by atoms with E-state index in [-0.39, 0.29) is 24.2 Å². The minimum Gasteiger partial charge on any atom is -0.390 e. The predicted octanol–water partition coefficient (Wildman–Crippen LogP) is 0.186. The summed E-state index contributed by atoms with van der Waals surface area (Å²) in [5.41, 5.74) is 2.23. The first-order chi connectivity index (χ1) is 13.2. The first-order valence-corrected chi connectivity index (χ1v) is 8.81. The number of nitrogens with zero attached hydrogens (tertiary/aromatic N) is 3. The highest BCUT2D eigenvalue weighted by molar-refractivity contribution is 5.92. The number of nitrogens with one attached hydrogen (secondary N) is 1. The molecule has 1 aliphatic heterocycles. The van der Waals surface area contributed by atoms with Crippen LogP contribution in [-0.4, -0.2) is 62.8 Å². The highest BCUT2D eigenvalue weighted by Gasteiger charge is 2.29. The van der Waals surface area contributed by atoms with E-state index < -0.39 is 6.10 Å². The molecule has 2 aromatic rings. The summed E-state index contributed by atoms with van der Waals surface area (Å²) < 4.78 is 0. The lowest BCUT2D eigenvalue weighted by molar-refractivity contribution is 0.0348. The van der Waals surface area contributed by atoms with Gasteiger partial charge in [-0.15, -0.1) is 0 Å². The van der Waals surface area contributed by atoms with Gasteiger partial charge in [-0.3, -0.25) is 14.7 Å². The number of aliphatic hydroxyl groups excluding tert-OH is 2. The maximum Gasteiger partial charge on any atom is 0.271 e. The number of carbonyl (C=O) groups is 1. The zero-order valence-corrected chi connectivity index (χ0v) is 14.9. The van der Waals surface area contributed by atoms with E-state index >= 15 is 0 Å². The molecule has 0 aliphatic carbocycles. The number of piperidine rings is 1. The summed E-state index contributed by atoms with van der Waals surface area (Å²) in [6, 6.07) is 7.53. The average molecular weight is 366 g/mol. The Labute approximate surface area is 158 Å². The van der Waals surface area contributed by atoms with Gasteiger partial charge in [0, 0.05) is 37.6 Å². The molecule has 1 amide bonds. The summed E-state index contributed by atoms with van der Waals surface area (Å²) >= 11 is 0. The highest BCUT2D eigenvalue weighted by Crippen LogP contribution is 2.15. The van der Waals surface area contributed by atoms with Crippen molar-refractivity contribution >= 4 is 5.91 Å². The fraction of sp³-hybridized carbons (Fsp3) is 0.350. The van der Waals surface area contributed by atoms with E-state index in [0.29, 0.717) is 13.0 Å². The molecule has 2 unspecified atom stereocenters. The summed E-state index contributed by atoms with van der Waals surface area (Å²) in [5.74, 6) is 5.17. The normalized spacial score (nSPS) is 19.8. The van der Waals surface area contributed by atoms with Gasteiger partial charge in [0.05, 0.1) is 18.3 Å². The summed E-state index contributed by atoms with van der Waals surface area (Å²) in [6.45, 7) is 1.82. The predicted molar refractivity (Wildman–Crippen MR) is 99.6 cm³/mol. The minimum absolute atomic E-state index is 0.151. The van der Waals surface area contributed by atoms with Crippen LogP contribution in [0.2, 0.25) is 0 Å². The fourth-order valence-corrected chi connectivity index (χ4v) is 3.06. The Morgan fingerprint density at radius 2 is 2.11 bits per heavy atom. The number of rotatable bonds is 4. The fourth-order valence-electron chi connectivity index (χ4n) is 3.06. The lowest BCUT2D eigenvalue weighted by Gasteiger charge is -2.36. The van der Waals surface area contributed by atoms with Crippen molar-refractivity contribution in [1.29, 1.82) is 0 Å². The van der Waals surface area contributed by atoms with Gasteiger partial charge in [0.1, 0.15) is 12.3 Å². The molecule has 3 rings (SSSR count). The lowest BCUT2D eigenvalue weighted by Crippen LogP contribution is -2.53. The van der Waals surface area contributed by atoms with Crippen molar-refractivity contribution in [3.63, 3.8) is 0 Å². The Balaban J connectivity index is 1.51. The van der Waals surface area contributed by atoms with Crippen molar-refractivity contribution < 1.29 is 15.0 Å². The molecule has 7 nitrogen and oxygen atoms in total. The third kappa shape index (κ3) is 5.34. The van der Waals surface area contributed by atoms with Crippen molar-refractivity contribution in [3.05, 3.63) is 59.7 Å². The molecule has 1 aliphatic rings. The number of benzene rings is 1. The number of hydrogen-bond acceptors (Lipinski definition) is 6. The van der Waals surface area contributed by atoms with Gasteiger partial charge in [-0.2, -0.15) is 0 Å². The largest absolute Gasteiger partial charge is 0.390 e. The number of likely N-dealkylation sites (tertiary alicyclic amines) is 1. The van der Waals surface area contributed by atoms with E-state index in [2.05, 4.69) is 32.0 Å². The zero-order chi connectivity index (χ0) is 19.1. The Kier molecular flexibility index (Phi) is 6.49. The summed E-state index contributed by atoms with van der Waals surface area (Å²) in [7, 11) is 0. The maximum absolute atomic E-state index is 12.2. The number of amides is 1. The number of hydrogen-bond donors (Lipinski definition) is 3. The van der Waals surface area contributed by atoms with Crippen LogP contribution in [0.1, 0.15) is 28.0 Å². The van der Waals surface area contributed by atoms with Gasteiger partial charge in [0.2, 0.25) is 0 Å². The summed E-state index contributed by atoms with van der Waals surface area (Å²) in [6.07, 6.45) is 4.40. The van der Waals surface area contributed by atoms with E-state index in [1.165, 1.54) is 18.6 Å². The molecule has 27 heavy (non-hydrogen) atoms. The second kappa shape index (κ2) is 9.24. The molecule has 1 fully saturated rings. The lowest BCUT2D eigenvalue weighted by atomic mass is 10.0. The number of aromatic nitrogens is 2. The zero-order valence-electron chi connectivity index (χ0n) is 14.9. The number of aliphatic hydroxyl groups is 2. The van der Waals surface area contributed by atoms with Crippen LogP contribution in [0.25, 0.3) is 0 Å². The van der Waals surface area contributed by atoms with Gasteiger partial charge in [0.15, 0.2) is 0 Å². The van der Waals surface area contributed by atoms with Gasteiger partial charge >= 0.3 is 0 Å². The van der Waals surface area contributed by atoms with Gasteiger partial charge in [-0.1, -0.05) is 24.0 Å². The molecule has 2 atom stereocenters. The van der Waals surface area contributed by atoms with E-state index in [1.54, 1.807) is 0 Å². The van der Waals surface area contributed by atoms with Crippen LogP contribution in [0.15, 0.2) is 42.9 Å². The molecule has 0 saturated carbocycles. The number of carbonyl (C=O) groups excluding carboxylic acids is 1. The van der Waals surface area contributed by atoms with Crippen molar-refractivity contribution in [3.8, 4) is 11.8 Å². The average Bonchev–Trinajstić information content (AvgIpc) is 2.70. The quantitative estimate of drug-likeness (QED) is 0.668. The van der Waals surface area contributed by atoms with Crippen molar-refractivity contribution in [2.45, 2.75) is 25.1 Å². The Bertz CT molecular complexity index is 815. The topological polar surface area (TPSA) is 98.6 Å². The standard InChI is InChI=1S/C20H22N4O3/c25-11-1-2-15-3-5-16(6-4-15)13-24-10-7-17(19(26)14-24)23-20(27)18-12-21-8-9-22-18/h3-6,8-9,12,17,19,25-26H,7,10-11,13-14H2,(H,23,27). The van der Waals surface area contributed by atoms with E-state index in [9.17, 15) is 9.90 Å². The summed E-state index contributed by atoms with van der Waals surface area (Å²) in [4.78, 5) is 22.2. The van der Waals surface area contributed by atoms with Crippen LogP contribution in [0.3, 0.4) is 0 Å². The molecule has 1 aromatic heterocycles. The molecular weight excluding hydrogens is 344 g/mol. The molecule has 140 valence electrons. The van der Waals surface area contributed by atoms with Gasteiger partial charge in [-0.05, 0) is 24.1 Å². The summed E-state index contributed by atoms with van der Waals surface area (Å²) in [5, 5.41) is 22.0.